The third-order valence-corrected chi connectivity index (χ3v) is 2.56. The zero-order chi connectivity index (χ0) is 11.8. The van der Waals surface area contributed by atoms with Gasteiger partial charge in [-0.2, -0.15) is 0 Å². The van der Waals surface area contributed by atoms with Gasteiger partial charge >= 0.3 is 0 Å². The third kappa shape index (κ3) is 1.90. The summed E-state index contributed by atoms with van der Waals surface area (Å²) in [7, 11) is 0. The molecule has 16 heavy (non-hydrogen) atoms. The predicted molar refractivity (Wildman–Crippen MR) is 65.4 cm³/mol. The van der Waals surface area contributed by atoms with Crippen molar-refractivity contribution in [3.63, 3.8) is 0 Å². The number of hydrogen-bond donors (Lipinski definition) is 0. The second kappa shape index (κ2) is 3.81. The molecule has 0 N–H and O–H groups in total. The van der Waals surface area contributed by atoms with E-state index >= 15 is 0 Å². The highest BCUT2D eigenvalue weighted by molar-refractivity contribution is 5.69. The average molecular weight is 215 g/mol. The summed E-state index contributed by atoms with van der Waals surface area (Å²) >= 11 is 0. The summed E-state index contributed by atoms with van der Waals surface area (Å²) in [6, 6.07) is 3.86. The van der Waals surface area contributed by atoms with Crippen LogP contribution in [0.15, 0.2) is 18.3 Å². The maximum absolute atomic E-state index is 4.69. The van der Waals surface area contributed by atoms with E-state index in [4.69, 9.17) is 4.98 Å². The minimum absolute atomic E-state index is 0.0301. The number of nitrogens with zero attached hydrogens (tertiary/aromatic N) is 3. The highest BCUT2D eigenvalue weighted by Gasteiger charge is 2.20. The van der Waals surface area contributed by atoms with E-state index in [-0.39, 0.29) is 5.41 Å². The Morgan fingerprint density at radius 1 is 1.19 bits per heavy atom. The molecule has 2 heterocycles. The first-order valence-electron chi connectivity index (χ1n) is 5.64. The van der Waals surface area contributed by atoms with Crippen molar-refractivity contribution in [2.24, 2.45) is 0 Å². The monoisotopic (exact) mass is 215 g/mol. The van der Waals surface area contributed by atoms with Crippen molar-refractivity contribution in [3.8, 4) is 0 Å². The molecule has 0 radical (unpaired) electrons. The molecule has 0 atom stereocenters. The fourth-order valence-corrected chi connectivity index (χ4v) is 1.77. The fourth-order valence-electron chi connectivity index (χ4n) is 1.77. The number of aromatic nitrogens is 3. The Kier molecular flexibility index (Phi) is 2.62. The van der Waals surface area contributed by atoms with Crippen LogP contribution in [0.5, 0.6) is 0 Å². The predicted octanol–water partition coefficient (Wildman–Crippen LogP) is 2.88. The van der Waals surface area contributed by atoms with Crippen molar-refractivity contribution < 1.29 is 0 Å². The molecule has 0 aliphatic rings. The Hall–Kier alpha value is -1.51. The van der Waals surface area contributed by atoms with Crippen LogP contribution in [0, 0.1) is 0 Å². The molecule has 2 rings (SSSR count). The van der Waals surface area contributed by atoms with Crippen LogP contribution >= 0.6 is 0 Å². The number of pyridine rings is 1. The molecule has 3 nitrogen and oxygen atoms in total. The van der Waals surface area contributed by atoms with Gasteiger partial charge in [-0.1, -0.05) is 27.7 Å². The first-order valence-corrected chi connectivity index (χ1v) is 5.64. The van der Waals surface area contributed by atoms with Crippen molar-refractivity contribution in [3.05, 3.63) is 29.7 Å². The van der Waals surface area contributed by atoms with Gasteiger partial charge in [0, 0.05) is 11.6 Å². The number of hydrogen-bond acceptors (Lipinski definition) is 3. The summed E-state index contributed by atoms with van der Waals surface area (Å²) in [5.41, 5.74) is 3.79. The molecule has 0 bridgehead atoms. The van der Waals surface area contributed by atoms with Crippen molar-refractivity contribution in [1.29, 1.82) is 0 Å². The van der Waals surface area contributed by atoms with Gasteiger partial charge in [-0.25, -0.2) is 15.0 Å². The van der Waals surface area contributed by atoms with Gasteiger partial charge < -0.3 is 0 Å². The van der Waals surface area contributed by atoms with Crippen molar-refractivity contribution in [2.75, 3.05) is 0 Å². The average Bonchev–Trinajstić information content (AvgIpc) is 2.26. The van der Waals surface area contributed by atoms with Gasteiger partial charge in [-0.3, -0.25) is 0 Å². The summed E-state index contributed by atoms with van der Waals surface area (Å²) < 4.78 is 0. The van der Waals surface area contributed by atoms with Crippen molar-refractivity contribution in [1.82, 2.24) is 15.0 Å². The largest absolute Gasteiger partial charge is 0.247 e. The molecular formula is C13H17N3. The SMILES string of the molecule is CCc1nc2ncccc2nc1C(C)(C)C. The summed E-state index contributed by atoms with van der Waals surface area (Å²) in [6.07, 6.45) is 2.65. The Bertz CT molecular complexity index is 512. The summed E-state index contributed by atoms with van der Waals surface area (Å²) in [5, 5.41) is 0. The molecule has 84 valence electrons. The molecule has 0 aliphatic heterocycles. The lowest BCUT2D eigenvalue weighted by atomic mass is 9.89. The Labute approximate surface area is 96.0 Å². The first kappa shape index (κ1) is 11.0. The van der Waals surface area contributed by atoms with Gasteiger partial charge in [0.15, 0.2) is 5.65 Å². The molecule has 2 aromatic rings. The summed E-state index contributed by atoms with van der Waals surface area (Å²) in [6.45, 7) is 8.60. The molecule has 0 aliphatic carbocycles. The van der Waals surface area contributed by atoms with Gasteiger partial charge in [-0.15, -0.1) is 0 Å². The van der Waals surface area contributed by atoms with Gasteiger partial charge in [0.25, 0.3) is 0 Å². The van der Waals surface area contributed by atoms with Crippen molar-refractivity contribution in [2.45, 2.75) is 39.5 Å². The van der Waals surface area contributed by atoms with Crippen LogP contribution in [0.1, 0.15) is 39.1 Å². The lowest BCUT2D eigenvalue weighted by Crippen LogP contribution is -2.18. The fraction of sp³-hybridized carbons (Fsp3) is 0.462. The highest BCUT2D eigenvalue weighted by atomic mass is 14.9. The molecule has 0 aromatic carbocycles. The van der Waals surface area contributed by atoms with Gasteiger partial charge in [0.1, 0.15) is 5.52 Å². The number of fused-ring (bicyclic) bond motifs is 1. The quantitative estimate of drug-likeness (QED) is 0.734. The van der Waals surface area contributed by atoms with E-state index < -0.39 is 0 Å². The standard InChI is InChI=1S/C13H17N3/c1-5-9-11(13(2,3)4)15-10-7-6-8-14-12(10)16-9/h6-8H,5H2,1-4H3. The van der Waals surface area contributed by atoms with Crippen LogP contribution in [0.3, 0.4) is 0 Å². The van der Waals surface area contributed by atoms with E-state index in [1.165, 1.54) is 0 Å². The maximum atomic E-state index is 4.69. The zero-order valence-electron chi connectivity index (χ0n) is 10.3. The van der Waals surface area contributed by atoms with Crippen LogP contribution in [-0.4, -0.2) is 15.0 Å². The van der Waals surface area contributed by atoms with E-state index in [0.29, 0.717) is 0 Å². The van der Waals surface area contributed by atoms with E-state index in [0.717, 1.165) is 29.0 Å². The Balaban J connectivity index is 2.73. The molecule has 0 amide bonds. The van der Waals surface area contributed by atoms with Gasteiger partial charge in [0.05, 0.1) is 11.4 Å². The normalized spacial score (nSPS) is 12.0. The highest BCUT2D eigenvalue weighted by Crippen LogP contribution is 2.24. The van der Waals surface area contributed by atoms with E-state index in [1.807, 2.05) is 12.1 Å². The van der Waals surface area contributed by atoms with Crippen LogP contribution in [0.4, 0.5) is 0 Å². The second-order valence-electron chi connectivity index (χ2n) is 4.97. The molecule has 0 saturated carbocycles. The second-order valence-corrected chi connectivity index (χ2v) is 4.97. The molecule has 0 fully saturated rings. The molecule has 2 aromatic heterocycles. The Morgan fingerprint density at radius 3 is 2.56 bits per heavy atom. The topological polar surface area (TPSA) is 38.7 Å². The Morgan fingerprint density at radius 2 is 1.94 bits per heavy atom. The maximum Gasteiger partial charge on any atom is 0.178 e. The smallest absolute Gasteiger partial charge is 0.178 e. The minimum atomic E-state index is 0.0301. The molecule has 3 heteroatoms. The number of rotatable bonds is 1. The molecule has 0 spiro atoms. The minimum Gasteiger partial charge on any atom is -0.247 e. The lowest BCUT2D eigenvalue weighted by Gasteiger charge is -2.20. The van der Waals surface area contributed by atoms with Gasteiger partial charge in [-0.05, 0) is 18.6 Å². The number of aryl methyl sites for hydroxylation is 1. The van der Waals surface area contributed by atoms with Crippen molar-refractivity contribution >= 4 is 11.2 Å². The van der Waals surface area contributed by atoms with Crippen LogP contribution in [0.2, 0.25) is 0 Å². The zero-order valence-corrected chi connectivity index (χ0v) is 10.3. The first-order chi connectivity index (χ1) is 7.52. The summed E-state index contributed by atoms with van der Waals surface area (Å²) in [4.78, 5) is 13.5. The van der Waals surface area contributed by atoms with E-state index in [9.17, 15) is 0 Å². The molecule has 0 unspecified atom stereocenters. The van der Waals surface area contributed by atoms with Crippen LogP contribution < -0.4 is 0 Å². The van der Waals surface area contributed by atoms with Crippen LogP contribution in [-0.2, 0) is 11.8 Å². The third-order valence-electron chi connectivity index (χ3n) is 2.56. The van der Waals surface area contributed by atoms with Crippen LogP contribution in [0.25, 0.3) is 11.2 Å². The van der Waals surface area contributed by atoms with E-state index in [1.54, 1.807) is 6.20 Å². The summed E-state index contributed by atoms with van der Waals surface area (Å²) in [5.74, 6) is 0. The van der Waals surface area contributed by atoms with E-state index in [2.05, 4.69) is 37.7 Å². The van der Waals surface area contributed by atoms with Gasteiger partial charge in [0.2, 0.25) is 0 Å². The lowest BCUT2D eigenvalue weighted by molar-refractivity contribution is 0.559. The molecule has 0 saturated heterocycles. The molecular weight excluding hydrogens is 198 g/mol.